The van der Waals surface area contributed by atoms with Gasteiger partial charge in [-0.25, -0.2) is 17.6 Å². The molecule has 0 bridgehead atoms. The van der Waals surface area contributed by atoms with Crippen LogP contribution in [0.4, 0.5) is 25.8 Å². The summed E-state index contributed by atoms with van der Waals surface area (Å²) in [6.07, 6.45) is 0. The van der Waals surface area contributed by atoms with Crippen molar-refractivity contribution in [2.24, 2.45) is 0 Å². The van der Waals surface area contributed by atoms with Crippen molar-refractivity contribution in [3.05, 3.63) is 28.8 Å². The molecule has 0 radical (unpaired) electrons. The number of hydrogen-bond acceptors (Lipinski definition) is 3. The van der Waals surface area contributed by atoms with Crippen LogP contribution in [-0.2, 0) is 10.2 Å². The van der Waals surface area contributed by atoms with Gasteiger partial charge in [-0.3, -0.25) is 4.79 Å². The van der Waals surface area contributed by atoms with E-state index >= 15 is 0 Å². The second-order valence-electron chi connectivity index (χ2n) is 2.67. The largest absolute Gasteiger partial charge is 0.336 e. The van der Waals surface area contributed by atoms with Gasteiger partial charge in [0.25, 0.3) is 0 Å². The van der Waals surface area contributed by atoms with Crippen molar-refractivity contribution < 1.29 is 39.1 Å². The van der Waals surface area contributed by atoms with Crippen LogP contribution in [0.15, 0.2) is 4.90 Å². The number of carbonyl (C=O) groups excluding carboxylic acids is 1. The number of carbonyl (C=O) groups is 1. The molecule has 0 aliphatic carbocycles. The van der Waals surface area contributed by atoms with E-state index in [1.54, 1.807) is 0 Å². The average molecular weight is 278 g/mol. The molecule has 0 aliphatic heterocycles. The molecular weight excluding hydrogens is 278 g/mol. The number of benzene rings is 1. The topological polar surface area (TPSA) is 51.2 Å². The third-order valence-electron chi connectivity index (χ3n) is 1.66. The monoisotopic (exact) mass is 278 g/mol. The highest BCUT2D eigenvalue weighted by atomic mass is 32.3. The lowest BCUT2D eigenvalue weighted by Gasteiger charge is -2.06. The zero-order valence-corrected chi connectivity index (χ0v) is 8.22. The van der Waals surface area contributed by atoms with Crippen molar-refractivity contribution in [2.45, 2.75) is 4.90 Å². The van der Waals surface area contributed by atoms with Crippen LogP contribution in [0.3, 0.4) is 0 Å². The summed E-state index contributed by atoms with van der Waals surface area (Å²) in [4.78, 5) is 7.64. The summed E-state index contributed by atoms with van der Waals surface area (Å²) in [6, 6.07) is -2.96. The Morgan fingerprint density at radius 1 is 0.882 bits per heavy atom. The Balaban J connectivity index is 4.00. The van der Waals surface area contributed by atoms with Gasteiger partial charge in [0.2, 0.25) is 0 Å². The van der Waals surface area contributed by atoms with Crippen LogP contribution in [-0.4, -0.2) is 14.5 Å². The first kappa shape index (κ1) is 13.5. The summed E-state index contributed by atoms with van der Waals surface area (Å²) < 4.78 is 96.1. The van der Waals surface area contributed by atoms with Crippen LogP contribution in [0, 0.1) is 23.3 Å². The Labute approximate surface area is 89.9 Å². The van der Waals surface area contributed by atoms with Crippen LogP contribution in [0.5, 0.6) is 0 Å². The van der Waals surface area contributed by atoms with Crippen molar-refractivity contribution >= 4 is 16.3 Å². The van der Waals surface area contributed by atoms with Crippen LogP contribution in [0.25, 0.3) is 0 Å². The predicted octanol–water partition coefficient (Wildman–Crippen LogP) is 2.01. The first-order chi connectivity index (χ1) is 7.59. The summed E-state index contributed by atoms with van der Waals surface area (Å²) in [5.41, 5.74) is -2.36. The van der Waals surface area contributed by atoms with Gasteiger partial charge in [0.15, 0.2) is 28.2 Å². The van der Waals surface area contributed by atoms with E-state index in [0.29, 0.717) is 0 Å². The molecule has 0 fully saturated rings. The van der Waals surface area contributed by atoms with Crippen LogP contribution >= 0.6 is 0 Å². The first-order valence-electron chi connectivity index (χ1n) is 3.59. The minimum Gasteiger partial charge on any atom is -0.255 e. The number of hydrogen-bond donors (Lipinski definition) is 0. The second-order valence-corrected chi connectivity index (χ2v) is 3.96. The highest BCUT2D eigenvalue weighted by molar-refractivity contribution is 7.86. The Bertz CT molecular complexity index is 609. The molecule has 1 rings (SSSR count). The van der Waals surface area contributed by atoms with Gasteiger partial charge in [-0.05, 0) is 0 Å². The van der Waals surface area contributed by atoms with E-state index < -0.39 is 50.0 Å². The second kappa shape index (κ2) is 4.02. The molecule has 94 valence electrons. The van der Waals surface area contributed by atoms with Crippen molar-refractivity contribution in [3.63, 3.8) is 0 Å². The summed E-state index contributed by atoms with van der Waals surface area (Å²) in [5, 5.41) is 0. The van der Waals surface area contributed by atoms with Gasteiger partial charge < -0.3 is 0 Å². The van der Waals surface area contributed by atoms with Gasteiger partial charge in [0, 0.05) is 0 Å². The van der Waals surface area contributed by atoms with E-state index in [2.05, 4.69) is 0 Å². The number of halogens is 6. The lowest BCUT2D eigenvalue weighted by molar-refractivity contribution is 0.0823. The maximum Gasteiger partial charge on any atom is 0.336 e. The standard InChI is InChI=1S/C7F6O3S/c8-2-1(7(12)14)6(17(13,15)16)5(11)4(10)3(2)9. The third-order valence-corrected chi connectivity index (χ3v) is 2.54. The van der Waals surface area contributed by atoms with Gasteiger partial charge in [0.1, 0.15) is 5.56 Å². The van der Waals surface area contributed by atoms with Crippen molar-refractivity contribution in [2.75, 3.05) is 0 Å². The van der Waals surface area contributed by atoms with E-state index in [4.69, 9.17) is 0 Å². The molecule has 10 heteroatoms. The van der Waals surface area contributed by atoms with E-state index in [1.807, 2.05) is 0 Å². The van der Waals surface area contributed by atoms with E-state index in [9.17, 15) is 39.1 Å². The molecule has 0 atom stereocenters. The third kappa shape index (κ3) is 2.12. The molecule has 0 saturated heterocycles. The molecule has 0 spiro atoms. The molecule has 0 unspecified atom stereocenters. The zero-order chi connectivity index (χ0) is 13.5. The summed E-state index contributed by atoms with van der Waals surface area (Å²) in [7, 11) is -6.15. The van der Waals surface area contributed by atoms with Gasteiger partial charge >= 0.3 is 16.3 Å². The molecule has 17 heavy (non-hydrogen) atoms. The van der Waals surface area contributed by atoms with Gasteiger partial charge in [-0.1, -0.05) is 0 Å². The number of rotatable bonds is 2. The average Bonchev–Trinajstić information content (AvgIpc) is 2.17. The lowest BCUT2D eigenvalue weighted by atomic mass is 10.2. The Kier molecular flexibility index (Phi) is 3.19. The highest BCUT2D eigenvalue weighted by Crippen LogP contribution is 2.29. The Hall–Kier alpha value is -1.58. The quantitative estimate of drug-likeness (QED) is 0.360. The van der Waals surface area contributed by atoms with E-state index in [1.165, 1.54) is 0 Å². The first-order valence-corrected chi connectivity index (χ1v) is 4.97. The fourth-order valence-corrected chi connectivity index (χ4v) is 1.73. The van der Waals surface area contributed by atoms with Crippen LogP contribution in [0.2, 0.25) is 0 Å². The molecule has 0 aromatic heterocycles. The fraction of sp³-hybridized carbons (Fsp3) is 0. The van der Waals surface area contributed by atoms with Gasteiger partial charge in [0.05, 0.1) is 0 Å². The minimum absolute atomic E-state index is 2.36. The van der Waals surface area contributed by atoms with Crippen molar-refractivity contribution in [3.8, 4) is 0 Å². The zero-order valence-electron chi connectivity index (χ0n) is 7.40. The fourth-order valence-electron chi connectivity index (χ4n) is 1.02. The van der Waals surface area contributed by atoms with Gasteiger partial charge in [-0.2, -0.15) is 12.8 Å². The lowest BCUT2D eigenvalue weighted by Crippen LogP contribution is -2.13. The molecule has 0 N–H and O–H groups in total. The molecule has 0 amide bonds. The molecule has 1 aromatic carbocycles. The smallest absolute Gasteiger partial charge is 0.255 e. The molecule has 0 aliphatic rings. The van der Waals surface area contributed by atoms with E-state index in [-0.39, 0.29) is 0 Å². The normalized spacial score (nSPS) is 11.6. The van der Waals surface area contributed by atoms with E-state index in [0.717, 1.165) is 0 Å². The molecule has 1 aromatic rings. The molecule has 0 heterocycles. The van der Waals surface area contributed by atoms with Crippen molar-refractivity contribution in [1.29, 1.82) is 0 Å². The minimum atomic E-state index is -6.15. The highest BCUT2D eigenvalue weighted by Gasteiger charge is 2.36. The molecular formula is C7F6O3S. The SMILES string of the molecule is O=C(F)c1c(F)c(F)c(F)c(F)c1S(=O)(=O)F. The summed E-state index contributed by atoms with van der Waals surface area (Å²) in [5.74, 6) is -10.7. The maximum absolute atomic E-state index is 12.8. The van der Waals surface area contributed by atoms with Crippen LogP contribution < -0.4 is 0 Å². The summed E-state index contributed by atoms with van der Waals surface area (Å²) >= 11 is 0. The van der Waals surface area contributed by atoms with Crippen LogP contribution in [0.1, 0.15) is 10.4 Å². The van der Waals surface area contributed by atoms with Gasteiger partial charge in [-0.15, -0.1) is 3.89 Å². The Morgan fingerprint density at radius 2 is 1.29 bits per heavy atom. The maximum atomic E-state index is 12.8. The molecule has 0 saturated carbocycles. The van der Waals surface area contributed by atoms with Crippen molar-refractivity contribution in [1.82, 2.24) is 0 Å². The molecule has 3 nitrogen and oxygen atoms in total. The predicted molar refractivity (Wildman–Crippen MR) is 40.0 cm³/mol. The Morgan fingerprint density at radius 3 is 1.65 bits per heavy atom. The summed E-state index contributed by atoms with van der Waals surface area (Å²) in [6.45, 7) is 0.